The van der Waals surface area contributed by atoms with E-state index in [0.29, 0.717) is 12.3 Å². The van der Waals surface area contributed by atoms with E-state index in [1.165, 1.54) is 12.5 Å². The topological polar surface area (TPSA) is 101 Å². The molecule has 1 aromatic rings. The number of aromatic nitrogens is 2. The second-order valence-electron chi connectivity index (χ2n) is 5.44. The van der Waals surface area contributed by atoms with E-state index in [1.54, 1.807) is 4.57 Å². The molecule has 1 saturated carbocycles. The number of carboxylic acids is 1. The highest BCUT2D eigenvalue weighted by Gasteiger charge is 2.33. The monoisotopic (exact) mass is 301 g/mol. The Hall–Kier alpha value is -1.41. The second-order valence-corrected chi connectivity index (χ2v) is 7.10. The Bertz CT molecular complexity index is 590. The summed E-state index contributed by atoms with van der Waals surface area (Å²) in [5.41, 5.74) is 0. The highest BCUT2D eigenvalue weighted by molar-refractivity contribution is 7.89. The van der Waals surface area contributed by atoms with Gasteiger partial charge in [0.1, 0.15) is 6.04 Å². The van der Waals surface area contributed by atoms with Gasteiger partial charge in [-0.3, -0.25) is 4.79 Å². The van der Waals surface area contributed by atoms with Crippen LogP contribution in [-0.2, 0) is 14.8 Å². The summed E-state index contributed by atoms with van der Waals surface area (Å²) in [6.07, 6.45) is 5.10. The molecular formula is C12H19N3O4S. The molecule has 8 heteroatoms. The summed E-state index contributed by atoms with van der Waals surface area (Å²) in [4.78, 5) is 15.0. The number of nitrogens with zero attached hydrogens (tertiary/aromatic N) is 2. The van der Waals surface area contributed by atoms with Gasteiger partial charge in [-0.2, -0.15) is 4.72 Å². The van der Waals surface area contributed by atoms with Gasteiger partial charge in [-0.25, -0.2) is 13.4 Å². The highest BCUT2D eigenvalue weighted by Crippen LogP contribution is 2.33. The average Bonchev–Trinajstić information content (AvgIpc) is 3.00. The predicted molar refractivity (Wildman–Crippen MR) is 71.7 cm³/mol. The third-order valence-electron chi connectivity index (χ3n) is 3.31. The van der Waals surface area contributed by atoms with Gasteiger partial charge in [0, 0.05) is 12.2 Å². The van der Waals surface area contributed by atoms with Gasteiger partial charge in [0.15, 0.2) is 5.03 Å². The molecular weight excluding hydrogens is 282 g/mol. The number of carbonyl (C=O) groups is 1. The van der Waals surface area contributed by atoms with Crippen molar-refractivity contribution in [2.24, 2.45) is 5.92 Å². The molecule has 0 saturated heterocycles. The molecule has 2 N–H and O–H groups in total. The lowest BCUT2D eigenvalue weighted by Crippen LogP contribution is -2.41. The van der Waals surface area contributed by atoms with E-state index in [2.05, 4.69) is 9.71 Å². The van der Waals surface area contributed by atoms with E-state index in [1.807, 2.05) is 13.8 Å². The zero-order valence-electron chi connectivity index (χ0n) is 11.5. The zero-order chi connectivity index (χ0) is 14.9. The molecule has 0 bridgehead atoms. The van der Waals surface area contributed by atoms with Gasteiger partial charge in [0.05, 0.1) is 6.33 Å². The summed E-state index contributed by atoms with van der Waals surface area (Å²) in [6, 6.07) is -0.995. The summed E-state index contributed by atoms with van der Waals surface area (Å²) < 4.78 is 28.2. The Morgan fingerprint density at radius 1 is 1.55 bits per heavy atom. The number of aliphatic carboxylic acids is 1. The number of hydrogen-bond donors (Lipinski definition) is 2. The lowest BCUT2D eigenvalue weighted by atomic mass is 10.1. The van der Waals surface area contributed by atoms with Crippen molar-refractivity contribution in [3.8, 4) is 0 Å². The number of hydrogen-bond acceptors (Lipinski definition) is 4. The van der Waals surface area contributed by atoms with Crippen LogP contribution >= 0.6 is 0 Å². The van der Waals surface area contributed by atoms with Crippen LogP contribution in [0.25, 0.3) is 0 Å². The minimum Gasteiger partial charge on any atom is -0.480 e. The Labute approximate surface area is 118 Å². The molecule has 0 amide bonds. The third-order valence-corrected chi connectivity index (χ3v) is 4.67. The molecule has 112 valence electrons. The molecule has 20 heavy (non-hydrogen) atoms. The highest BCUT2D eigenvalue weighted by atomic mass is 32.2. The Kier molecular flexibility index (Phi) is 4.14. The fraction of sp³-hybridized carbons (Fsp3) is 0.667. The maximum absolute atomic E-state index is 12.1. The van der Waals surface area contributed by atoms with Crippen LogP contribution in [0.4, 0.5) is 0 Å². The summed E-state index contributed by atoms with van der Waals surface area (Å²) in [6.45, 7) is 3.80. The van der Waals surface area contributed by atoms with E-state index in [4.69, 9.17) is 5.11 Å². The first-order valence-corrected chi connectivity index (χ1v) is 8.06. The Morgan fingerprint density at radius 3 is 2.65 bits per heavy atom. The summed E-state index contributed by atoms with van der Waals surface area (Å²) >= 11 is 0. The fourth-order valence-corrected chi connectivity index (χ4v) is 3.01. The second kappa shape index (κ2) is 5.53. The van der Waals surface area contributed by atoms with Crippen LogP contribution in [0.5, 0.6) is 0 Å². The van der Waals surface area contributed by atoms with Gasteiger partial charge in [0.25, 0.3) is 10.0 Å². The van der Waals surface area contributed by atoms with E-state index in [0.717, 1.165) is 12.8 Å². The zero-order valence-corrected chi connectivity index (χ0v) is 12.3. The van der Waals surface area contributed by atoms with Crippen molar-refractivity contribution in [1.29, 1.82) is 0 Å². The Balaban J connectivity index is 2.13. The van der Waals surface area contributed by atoms with Crippen LogP contribution in [0.1, 0.15) is 39.2 Å². The van der Waals surface area contributed by atoms with E-state index in [9.17, 15) is 13.2 Å². The van der Waals surface area contributed by atoms with Gasteiger partial charge in [0.2, 0.25) is 0 Å². The number of sulfonamides is 1. The maximum atomic E-state index is 12.1. The standard InChI is InChI=1S/C12H19N3O4S/c1-8(2)15-6-11(13-7-15)20(18,19)14-10(12(16)17)5-9-3-4-9/h6-10,14H,3-5H2,1-2H3,(H,16,17)/t10-/m0/s1. The van der Waals surface area contributed by atoms with Crippen molar-refractivity contribution in [3.63, 3.8) is 0 Å². The van der Waals surface area contributed by atoms with E-state index >= 15 is 0 Å². The third kappa shape index (κ3) is 3.57. The number of carboxylic acid groups (broad SMARTS) is 1. The van der Waals surface area contributed by atoms with Gasteiger partial charge >= 0.3 is 5.97 Å². The van der Waals surface area contributed by atoms with Gasteiger partial charge < -0.3 is 9.67 Å². The number of rotatable bonds is 7. The Morgan fingerprint density at radius 2 is 2.20 bits per heavy atom. The van der Waals surface area contributed by atoms with Crippen molar-refractivity contribution in [2.75, 3.05) is 0 Å². The summed E-state index contributed by atoms with van der Waals surface area (Å²) in [7, 11) is -3.90. The van der Waals surface area contributed by atoms with Crippen LogP contribution in [0, 0.1) is 5.92 Å². The van der Waals surface area contributed by atoms with Gasteiger partial charge in [-0.15, -0.1) is 0 Å². The molecule has 2 rings (SSSR count). The first-order valence-electron chi connectivity index (χ1n) is 6.58. The normalized spacial score (nSPS) is 17.4. The summed E-state index contributed by atoms with van der Waals surface area (Å²) in [5, 5.41) is 8.96. The van der Waals surface area contributed by atoms with Gasteiger partial charge in [-0.1, -0.05) is 12.8 Å². The average molecular weight is 301 g/mol. The number of imidazole rings is 1. The van der Waals surface area contributed by atoms with Crippen LogP contribution in [0.2, 0.25) is 0 Å². The number of nitrogens with one attached hydrogen (secondary N) is 1. The lowest BCUT2D eigenvalue weighted by Gasteiger charge is -2.13. The molecule has 0 spiro atoms. The smallest absolute Gasteiger partial charge is 0.321 e. The van der Waals surface area contributed by atoms with Crippen LogP contribution in [0.3, 0.4) is 0 Å². The fourth-order valence-electron chi connectivity index (χ4n) is 1.87. The van der Waals surface area contributed by atoms with Crippen molar-refractivity contribution < 1.29 is 18.3 Å². The minimum atomic E-state index is -3.90. The minimum absolute atomic E-state index is 0.0909. The van der Waals surface area contributed by atoms with Crippen LogP contribution < -0.4 is 4.72 Å². The molecule has 1 aliphatic carbocycles. The maximum Gasteiger partial charge on any atom is 0.321 e. The van der Waals surface area contributed by atoms with E-state index in [-0.39, 0.29) is 11.1 Å². The first kappa shape index (κ1) is 15.0. The van der Waals surface area contributed by atoms with Crippen LogP contribution in [0.15, 0.2) is 17.6 Å². The molecule has 1 aromatic heterocycles. The van der Waals surface area contributed by atoms with Crippen molar-refractivity contribution in [1.82, 2.24) is 14.3 Å². The van der Waals surface area contributed by atoms with Crippen molar-refractivity contribution in [3.05, 3.63) is 12.5 Å². The molecule has 1 aliphatic rings. The molecule has 0 unspecified atom stereocenters. The predicted octanol–water partition coefficient (Wildman–Crippen LogP) is 0.996. The largest absolute Gasteiger partial charge is 0.480 e. The first-order chi connectivity index (χ1) is 9.29. The molecule has 7 nitrogen and oxygen atoms in total. The summed E-state index contributed by atoms with van der Waals surface area (Å²) in [5.74, 6) is -0.837. The van der Waals surface area contributed by atoms with Crippen molar-refractivity contribution in [2.45, 2.75) is 50.2 Å². The van der Waals surface area contributed by atoms with Crippen LogP contribution in [-0.4, -0.2) is 35.1 Å². The molecule has 0 radical (unpaired) electrons. The molecule has 1 fully saturated rings. The lowest BCUT2D eigenvalue weighted by molar-refractivity contribution is -0.139. The quantitative estimate of drug-likeness (QED) is 0.782. The molecule has 1 heterocycles. The van der Waals surface area contributed by atoms with Gasteiger partial charge in [-0.05, 0) is 26.2 Å². The molecule has 0 aromatic carbocycles. The molecule has 1 atom stereocenters. The van der Waals surface area contributed by atoms with Crippen molar-refractivity contribution >= 4 is 16.0 Å². The molecule has 0 aliphatic heterocycles. The van der Waals surface area contributed by atoms with E-state index < -0.39 is 22.0 Å². The SMILES string of the molecule is CC(C)n1cnc(S(=O)(=O)N[C@@H](CC2CC2)C(=O)O)c1.